The summed E-state index contributed by atoms with van der Waals surface area (Å²) in [6, 6.07) is 79.9. The number of aromatic nitrogens is 6. The van der Waals surface area contributed by atoms with Gasteiger partial charge in [-0.15, -0.1) is 0 Å². The molecule has 0 aliphatic carbocycles. The predicted molar refractivity (Wildman–Crippen MR) is 336 cm³/mol. The highest BCUT2D eigenvalue weighted by molar-refractivity contribution is 6.14. The van der Waals surface area contributed by atoms with E-state index in [9.17, 15) is 0 Å². The molecule has 0 bridgehead atoms. The van der Waals surface area contributed by atoms with Gasteiger partial charge in [-0.25, -0.2) is 9.97 Å². The fourth-order valence-electron chi connectivity index (χ4n) is 13.7. The third-order valence-corrected chi connectivity index (χ3v) is 17.8. The summed E-state index contributed by atoms with van der Waals surface area (Å²) >= 11 is 0. The number of rotatable bonds is 6. The minimum atomic E-state index is 0.575. The molecule has 81 heavy (non-hydrogen) atoms. The van der Waals surface area contributed by atoms with Gasteiger partial charge in [-0.2, -0.15) is 0 Å². The van der Waals surface area contributed by atoms with Crippen LogP contribution in [0.4, 0.5) is 0 Å². The molecule has 7 heterocycles. The van der Waals surface area contributed by atoms with E-state index < -0.39 is 0 Å². The van der Waals surface area contributed by atoms with Crippen LogP contribution in [0, 0.1) is 27.7 Å². The van der Waals surface area contributed by atoms with Crippen LogP contribution in [-0.2, 0) is 0 Å². The van der Waals surface area contributed by atoms with Gasteiger partial charge in [0.15, 0.2) is 0 Å². The Kier molecular flexibility index (Phi) is 9.55. The number of benzene rings is 10. The highest BCUT2D eigenvalue weighted by atomic mass is 16.3. The second kappa shape index (κ2) is 17.0. The van der Waals surface area contributed by atoms with Gasteiger partial charge in [-0.05, 0) is 158 Å². The second-order valence-electron chi connectivity index (χ2n) is 21.9. The number of hydrogen-bond donors (Lipinski definition) is 0. The van der Waals surface area contributed by atoms with Gasteiger partial charge in [0.2, 0.25) is 11.4 Å². The molecule has 17 rings (SSSR count). The zero-order valence-corrected chi connectivity index (χ0v) is 45.0. The van der Waals surface area contributed by atoms with Crippen molar-refractivity contribution in [3.05, 3.63) is 253 Å². The first kappa shape index (κ1) is 45.5. The maximum Gasteiger partial charge on any atom is 0.229 e. The molecule has 0 unspecified atom stereocenters. The minimum absolute atomic E-state index is 0.575. The third-order valence-electron chi connectivity index (χ3n) is 17.8. The first-order chi connectivity index (χ1) is 39.9. The molecule has 0 amide bonds. The SMILES string of the molecule is Cc1c(-c2cnc3oc4ncc(-c5ccc(-n6c7ccccc7c7cc(-n8c9ccccc9c9ccccc98)ccc76)c(C)c5C)cc4c3c2)ccc(-n2c3ccccc3c3cc(-n4c5ccccc5c5ccccc54)ccc32)c1C. The standard InChI is InChI=1S/C74H50N6O/c1-43-45(3)63(79-69-27-15-9-21-57(69)59-39-49(29-33-71(59)79)77-65-23-11-5-17-53(65)54-18-6-12-24-66(54)77)35-31-51(43)47-37-61-62-38-48(42-76-74(62)81-73(61)75-41-47)52-32-36-64(46(4)44(52)2)80-70-28-16-10-22-58(70)60-40-50(30-34-72(60)80)78-67-25-13-7-19-55(67)56-20-8-14-26-68(56)78/h5-42H,1-4H3. The van der Waals surface area contributed by atoms with E-state index >= 15 is 0 Å². The molecular formula is C74H50N6O. The van der Waals surface area contributed by atoms with Crippen molar-refractivity contribution in [2.75, 3.05) is 0 Å². The Morgan fingerprint density at radius 2 is 0.580 bits per heavy atom. The molecule has 0 spiro atoms. The van der Waals surface area contributed by atoms with Gasteiger partial charge in [-0.3, -0.25) is 0 Å². The maximum absolute atomic E-state index is 6.36. The van der Waals surface area contributed by atoms with E-state index in [1.54, 1.807) is 0 Å². The maximum atomic E-state index is 6.36. The van der Waals surface area contributed by atoms with Gasteiger partial charge >= 0.3 is 0 Å². The Morgan fingerprint density at radius 1 is 0.272 bits per heavy atom. The Balaban J connectivity index is 0.735. The van der Waals surface area contributed by atoms with Crippen LogP contribution in [0.15, 0.2) is 235 Å². The zero-order valence-electron chi connectivity index (χ0n) is 45.0. The van der Waals surface area contributed by atoms with Crippen LogP contribution in [-0.4, -0.2) is 28.2 Å². The van der Waals surface area contributed by atoms with E-state index in [0.717, 1.165) is 55.8 Å². The summed E-state index contributed by atoms with van der Waals surface area (Å²) in [4.78, 5) is 9.88. The molecule has 0 N–H and O–H groups in total. The molecule has 0 fully saturated rings. The molecule has 7 nitrogen and oxygen atoms in total. The number of hydrogen-bond acceptors (Lipinski definition) is 3. The van der Waals surface area contributed by atoms with E-state index in [1.165, 1.54) is 109 Å². The van der Waals surface area contributed by atoms with Crippen LogP contribution >= 0.6 is 0 Å². The summed E-state index contributed by atoms with van der Waals surface area (Å²) in [7, 11) is 0. The number of nitrogens with zero attached hydrogens (tertiary/aromatic N) is 6. The van der Waals surface area contributed by atoms with E-state index in [1.807, 2.05) is 12.4 Å². The first-order valence-electron chi connectivity index (χ1n) is 27.8. The first-order valence-corrected chi connectivity index (χ1v) is 27.8. The van der Waals surface area contributed by atoms with Crippen molar-refractivity contribution < 1.29 is 4.42 Å². The summed E-state index contributed by atoms with van der Waals surface area (Å²) in [5.41, 5.74) is 24.4. The molecule has 382 valence electrons. The van der Waals surface area contributed by atoms with Crippen molar-refractivity contribution in [1.82, 2.24) is 28.2 Å². The summed E-state index contributed by atoms with van der Waals surface area (Å²) in [6.07, 6.45) is 3.88. The van der Waals surface area contributed by atoms with Crippen LogP contribution < -0.4 is 0 Å². The number of para-hydroxylation sites is 6. The van der Waals surface area contributed by atoms with Crippen LogP contribution in [0.3, 0.4) is 0 Å². The normalized spacial score (nSPS) is 12.2. The average molecular weight is 1040 g/mol. The van der Waals surface area contributed by atoms with Crippen LogP contribution in [0.25, 0.3) is 154 Å². The lowest BCUT2D eigenvalue weighted by molar-refractivity contribution is 0.640. The van der Waals surface area contributed by atoms with Gasteiger partial charge < -0.3 is 22.7 Å². The van der Waals surface area contributed by atoms with Gasteiger partial charge in [-0.1, -0.05) is 121 Å². The molecule has 0 aliphatic rings. The zero-order chi connectivity index (χ0) is 53.8. The van der Waals surface area contributed by atoms with Crippen molar-refractivity contribution in [3.63, 3.8) is 0 Å². The summed E-state index contributed by atoms with van der Waals surface area (Å²) in [6.45, 7) is 8.96. The van der Waals surface area contributed by atoms with E-state index in [2.05, 4.69) is 264 Å². The lowest BCUT2D eigenvalue weighted by Crippen LogP contribution is -2.01. The quantitative estimate of drug-likeness (QED) is 0.167. The van der Waals surface area contributed by atoms with Crippen molar-refractivity contribution in [3.8, 4) is 45.0 Å². The average Bonchev–Trinajstić information content (AvgIpc) is 4.15. The molecule has 0 radical (unpaired) electrons. The molecule has 7 aromatic heterocycles. The fraction of sp³-hybridized carbons (Fsp3) is 0.0541. The largest absolute Gasteiger partial charge is 0.419 e. The topological polar surface area (TPSA) is 58.6 Å². The van der Waals surface area contributed by atoms with Crippen molar-refractivity contribution in [1.29, 1.82) is 0 Å². The highest BCUT2D eigenvalue weighted by Gasteiger charge is 2.23. The summed E-state index contributed by atoms with van der Waals surface area (Å²) in [5, 5.41) is 11.8. The van der Waals surface area contributed by atoms with Crippen LogP contribution in [0.2, 0.25) is 0 Å². The molecule has 0 aliphatic heterocycles. The number of pyridine rings is 2. The van der Waals surface area contributed by atoms with Gasteiger partial charge in [0, 0.05) is 89.4 Å². The highest BCUT2D eigenvalue weighted by Crippen LogP contribution is 2.43. The van der Waals surface area contributed by atoms with Crippen LogP contribution in [0.5, 0.6) is 0 Å². The predicted octanol–water partition coefficient (Wildman–Crippen LogP) is 19.3. The number of furan rings is 1. The van der Waals surface area contributed by atoms with Crippen molar-refractivity contribution in [2.24, 2.45) is 0 Å². The molecule has 0 saturated carbocycles. The van der Waals surface area contributed by atoms with Crippen molar-refractivity contribution in [2.45, 2.75) is 27.7 Å². The minimum Gasteiger partial charge on any atom is -0.419 e. The van der Waals surface area contributed by atoms with E-state index in [-0.39, 0.29) is 0 Å². The molecule has 0 atom stereocenters. The Morgan fingerprint density at radius 3 is 0.938 bits per heavy atom. The van der Waals surface area contributed by atoms with Crippen LogP contribution in [0.1, 0.15) is 22.3 Å². The summed E-state index contributed by atoms with van der Waals surface area (Å²) in [5.74, 6) is 0. The molecule has 0 saturated heterocycles. The molecular weight excluding hydrogens is 989 g/mol. The van der Waals surface area contributed by atoms with Gasteiger partial charge in [0.25, 0.3) is 0 Å². The van der Waals surface area contributed by atoms with E-state index in [4.69, 9.17) is 14.4 Å². The molecule has 10 aromatic carbocycles. The van der Waals surface area contributed by atoms with Gasteiger partial charge in [0.05, 0.1) is 54.9 Å². The number of fused-ring (bicyclic) bond motifs is 15. The molecule has 7 heteroatoms. The van der Waals surface area contributed by atoms with E-state index in [0.29, 0.717) is 11.4 Å². The lowest BCUT2D eigenvalue weighted by atomic mass is 9.95. The molecule has 17 aromatic rings. The summed E-state index contributed by atoms with van der Waals surface area (Å²) < 4.78 is 16.0. The lowest BCUT2D eigenvalue weighted by Gasteiger charge is -2.17. The third kappa shape index (κ3) is 6.45. The Bertz CT molecular complexity index is 5100. The second-order valence-corrected chi connectivity index (χ2v) is 21.9. The Hall–Kier alpha value is -10.5. The monoisotopic (exact) mass is 1040 g/mol. The Labute approximate surface area is 465 Å². The fourth-order valence-corrected chi connectivity index (χ4v) is 13.7. The van der Waals surface area contributed by atoms with Gasteiger partial charge in [0.1, 0.15) is 0 Å². The van der Waals surface area contributed by atoms with Crippen molar-refractivity contribution >= 4 is 109 Å². The smallest absolute Gasteiger partial charge is 0.229 e.